The highest BCUT2D eigenvalue weighted by Gasteiger charge is 2.26. The molecule has 0 aromatic heterocycles. The third-order valence-electron chi connectivity index (χ3n) is 4.88. The monoisotopic (exact) mass is 554 g/mol. The Labute approximate surface area is 218 Å². The SMILES string of the molecule is O=C(CC(CC(=O)OC(=O)c1cc(F)ccc1Cl)c1ccc(Cl)cc1)OC(=O)c1cc(F)ccc1Cl. The highest BCUT2D eigenvalue weighted by atomic mass is 35.5. The Hall–Kier alpha value is -3.33. The van der Waals surface area contributed by atoms with E-state index >= 15 is 0 Å². The molecule has 0 aliphatic rings. The first-order chi connectivity index (χ1) is 17.0. The summed E-state index contributed by atoms with van der Waals surface area (Å²) in [7, 11) is 0. The van der Waals surface area contributed by atoms with E-state index in [9.17, 15) is 28.0 Å². The minimum absolute atomic E-state index is 0.124. The molecule has 0 saturated heterocycles. The summed E-state index contributed by atoms with van der Waals surface area (Å²) < 4.78 is 36.5. The van der Waals surface area contributed by atoms with Gasteiger partial charge in [-0.1, -0.05) is 46.9 Å². The van der Waals surface area contributed by atoms with E-state index in [1.54, 1.807) is 0 Å². The molecule has 0 saturated carbocycles. The minimum atomic E-state index is -1.18. The quantitative estimate of drug-likeness (QED) is 0.243. The predicted octanol–water partition coefficient (Wildman–Crippen LogP) is 6.56. The summed E-state index contributed by atoms with van der Waals surface area (Å²) in [6, 6.07) is 12.0. The Morgan fingerprint density at radius 1 is 0.667 bits per heavy atom. The normalized spacial score (nSPS) is 10.7. The van der Waals surface area contributed by atoms with Crippen LogP contribution in [-0.2, 0) is 19.1 Å². The lowest BCUT2D eigenvalue weighted by molar-refractivity contribution is -0.140. The van der Waals surface area contributed by atoms with Gasteiger partial charge in [0.05, 0.1) is 34.0 Å². The third kappa shape index (κ3) is 7.34. The fourth-order valence-corrected chi connectivity index (χ4v) is 3.67. The van der Waals surface area contributed by atoms with Crippen molar-refractivity contribution in [3.8, 4) is 0 Å². The molecule has 3 aromatic carbocycles. The molecule has 3 rings (SSSR count). The zero-order valence-electron chi connectivity index (χ0n) is 18.1. The van der Waals surface area contributed by atoms with Gasteiger partial charge in [-0.2, -0.15) is 0 Å². The molecule has 0 spiro atoms. The lowest BCUT2D eigenvalue weighted by Crippen LogP contribution is -2.20. The average molecular weight is 556 g/mol. The van der Waals surface area contributed by atoms with Gasteiger partial charge in [-0.3, -0.25) is 9.59 Å². The van der Waals surface area contributed by atoms with Crippen LogP contribution >= 0.6 is 34.8 Å². The van der Waals surface area contributed by atoms with E-state index < -0.39 is 54.3 Å². The van der Waals surface area contributed by atoms with Crippen LogP contribution in [0.3, 0.4) is 0 Å². The van der Waals surface area contributed by atoms with E-state index in [4.69, 9.17) is 44.3 Å². The Bertz CT molecular complexity index is 1250. The molecular formula is C25H15Cl3F2O6. The summed E-state index contributed by atoms with van der Waals surface area (Å²) in [5.74, 6) is -6.89. The number of rotatable bonds is 7. The summed E-state index contributed by atoms with van der Waals surface area (Å²) in [4.78, 5) is 49.6. The van der Waals surface area contributed by atoms with Crippen molar-refractivity contribution in [2.75, 3.05) is 0 Å². The van der Waals surface area contributed by atoms with Gasteiger partial charge in [0.25, 0.3) is 0 Å². The number of benzene rings is 3. The van der Waals surface area contributed by atoms with Crippen molar-refractivity contribution in [3.05, 3.63) is 104 Å². The first-order valence-corrected chi connectivity index (χ1v) is 11.3. The lowest BCUT2D eigenvalue weighted by atomic mass is 9.92. The third-order valence-corrected chi connectivity index (χ3v) is 5.79. The smallest absolute Gasteiger partial charge is 0.347 e. The summed E-state index contributed by atoms with van der Waals surface area (Å²) in [6.07, 6.45) is -0.991. The second-order valence-corrected chi connectivity index (χ2v) is 8.68. The van der Waals surface area contributed by atoms with Crippen LogP contribution in [-0.4, -0.2) is 23.9 Å². The molecule has 3 aromatic rings. The van der Waals surface area contributed by atoms with E-state index in [0.717, 1.165) is 36.4 Å². The Morgan fingerprint density at radius 2 is 1.08 bits per heavy atom. The van der Waals surface area contributed by atoms with Crippen LogP contribution in [0.15, 0.2) is 60.7 Å². The molecule has 0 radical (unpaired) electrons. The number of carbonyl (C=O) groups excluding carboxylic acids is 4. The Balaban J connectivity index is 1.74. The van der Waals surface area contributed by atoms with Crippen LogP contribution in [0.25, 0.3) is 0 Å². The van der Waals surface area contributed by atoms with Crippen molar-refractivity contribution in [2.45, 2.75) is 18.8 Å². The predicted molar refractivity (Wildman–Crippen MR) is 127 cm³/mol. The molecule has 0 heterocycles. The van der Waals surface area contributed by atoms with Crippen molar-refractivity contribution < 1.29 is 37.4 Å². The molecule has 0 unspecified atom stereocenters. The van der Waals surface area contributed by atoms with E-state index in [2.05, 4.69) is 0 Å². The van der Waals surface area contributed by atoms with Crippen molar-refractivity contribution >= 4 is 58.7 Å². The molecule has 11 heteroatoms. The Morgan fingerprint density at radius 3 is 1.50 bits per heavy atom. The van der Waals surface area contributed by atoms with Crippen molar-refractivity contribution in [1.29, 1.82) is 0 Å². The zero-order valence-corrected chi connectivity index (χ0v) is 20.4. The van der Waals surface area contributed by atoms with Crippen LogP contribution in [0.1, 0.15) is 45.0 Å². The summed E-state index contributed by atoms with van der Waals surface area (Å²) in [5.41, 5.74) is -0.268. The summed E-state index contributed by atoms with van der Waals surface area (Å²) in [6.45, 7) is 0. The van der Waals surface area contributed by atoms with E-state index in [-0.39, 0.29) is 21.2 Å². The second kappa shape index (κ2) is 12.1. The molecule has 0 N–H and O–H groups in total. The van der Waals surface area contributed by atoms with E-state index in [0.29, 0.717) is 10.6 Å². The van der Waals surface area contributed by atoms with Gasteiger partial charge in [0.15, 0.2) is 0 Å². The van der Waals surface area contributed by atoms with Crippen LogP contribution in [0.4, 0.5) is 8.78 Å². The largest absolute Gasteiger partial charge is 0.389 e. The van der Waals surface area contributed by atoms with Crippen LogP contribution in [0.2, 0.25) is 15.1 Å². The van der Waals surface area contributed by atoms with Gasteiger partial charge >= 0.3 is 23.9 Å². The van der Waals surface area contributed by atoms with Gasteiger partial charge in [0.2, 0.25) is 0 Å². The number of halogens is 5. The van der Waals surface area contributed by atoms with Gasteiger partial charge in [0.1, 0.15) is 11.6 Å². The topological polar surface area (TPSA) is 86.7 Å². The maximum atomic E-state index is 13.5. The molecule has 0 atom stereocenters. The van der Waals surface area contributed by atoms with E-state index in [1.807, 2.05) is 0 Å². The second-order valence-electron chi connectivity index (χ2n) is 7.43. The van der Waals surface area contributed by atoms with Crippen molar-refractivity contribution in [1.82, 2.24) is 0 Å². The molecule has 6 nitrogen and oxygen atoms in total. The number of ether oxygens (including phenoxy) is 2. The summed E-state index contributed by atoms with van der Waals surface area (Å²) >= 11 is 17.6. The number of esters is 4. The maximum absolute atomic E-state index is 13.5. The lowest BCUT2D eigenvalue weighted by Gasteiger charge is -2.16. The molecule has 186 valence electrons. The standard InChI is InChI=1S/C25H15Cl3F2O6/c26-15-3-1-13(2-4-15)14(9-22(31)35-24(33)18-11-16(29)5-7-20(18)27)10-23(32)36-25(34)19-12-17(30)6-8-21(19)28/h1-8,11-12,14H,9-10H2. The number of carbonyl (C=O) groups is 4. The van der Waals surface area contributed by atoms with Crippen LogP contribution in [0, 0.1) is 11.6 Å². The van der Waals surface area contributed by atoms with Gasteiger partial charge in [-0.05, 0) is 54.1 Å². The highest BCUT2D eigenvalue weighted by Crippen LogP contribution is 2.27. The van der Waals surface area contributed by atoms with E-state index in [1.165, 1.54) is 24.3 Å². The highest BCUT2D eigenvalue weighted by molar-refractivity contribution is 6.34. The fourth-order valence-electron chi connectivity index (χ4n) is 3.15. The first kappa shape index (κ1) is 27.3. The minimum Gasteiger partial charge on any atom is -0.389 e. The molecule has 0 aliphatic heterocycles. The average Bonchev–Trinajstić information content (AvgIpc) is 2.82. The van der Waals surface area contributed by atoms with Gasteiger partial charge in [-0.25, -0.2) is 18.4 Å². The van der Waals surface area contributed by atoms with Gasteiger partial charge in [-0.15, -0.1) is 0 Å². The van der Waals surface area contributed by atoms with Gasteiger partial charge in [0, 0.05) is 10.9 Å². The molecule has 36 heavy (non-hydrogen) atoms. The first-order valence-electron chi connectivity index (χ1n) is 10.2. The molecule has 0 amide bonds. The zero-order chi connectivity index (χ0) is 26.4. The fraction of sp³-hybridized carbons (Fsp3) is 0.120. The van der Waals surface area contributed by atoms with Crippen molar-refractivity contribution in [2.24, 2.45) is 0 Å². The Kier molecular flexibility index (Phi) is 9.14. The van der Waals surface area contributed by atoms with Crippen LogP contribution in [0.5, 0.6) is 0 Å². The molecule has 0 aliphatic carbocycles. The molecule has 0 bridgehead atoms. The van der Waals surface area contributed by atoms with Gasteiger partial charge < -0.3 is 9.47 Å². The van der Waals surface area contributed by atoms with Crippen LogP contribution < -0.4 is 0 Å². The number of hydrogen-bond acceptors (Lipinski definition) is 6. The number of hydrogen-bond donors (Lipinski definition) is 0. The molecule has 0 fully saturated rings. The molecular weight excluding hydrogens is 541 g/mol. The maximum Gasteiger partial charge on any atom is 0.347 e. The van der Waals surface area contributed by atoms with Crippen molar-refractivity contribution in [3.63, 3.8) is 0 Å². The summed E-state index contributed by atoms with van der Waals surface area (Å²) in [5, 5.41) is 0.137.